The number of nitrogens with two attached hydrogens (primary N) is 1. The third-order valence-corrected chi connectivity index (χ3v) is 6.45. The summed E-state index contributed by atoms with van der Waals surface area (Å²) >= 11 is 2.25. The van der Waals surface area contributed by atoms with Gasteiger partial charge in [-0.2, -0.15) is 0 Å². The number of amides is 2. The fourth-order valence-corrected chi connectivity index (χ4v) is 4.59. The van der Waals surface area contributed by atoms with Crippen LogP contribution in [0, 0.1) is 6.92 Å². The number of fused-ring (bicyclic) bond motifs is 1. The van der Waals surface area contributed by atoms with E-state index in [0.29, 0.717) is 30.3 Å². The van der Waals surface area contributed by atoms with Crippen molar-refractivity contribution in [1.82, 2.24) is 0 Å². The molecule has 31 heavy (non-hydrogen) atoms. The van der Waals surface area contributed by atoms with Crippen molar-refractivity contribution in [2.24, 2.45) is 5.73 Å². The first-order valence-corrected chi connectivity index (χ1v) is 11.1. The molecule has 0 saturated carbocycles. The molecular weight excluding hydrogens is 444 g/mol. The van der Waals surface area contributed by atoms with Crippen molar-refractivity contribution in [2.75, 3.05) is 44.6 Å². The number of carbonyl (C=O) groups is 3. The highest BCUT2D eigenvalue weighted by Crippen LogP contribution is 2.35. The largest absolute Gasteiger partial charge is 0.486 e. The van der Waals surface area contributed by atoms with Crippen LogP contribution in [0.3, 0.4) is 0 Å². The summed E-state index contributed by atoms with van der Waals surface area (Å²) in [5.41, 5.74) is 5.89. The van der Waals surface area contributed by atoms with Gasteiger partial charge in [-0.3, -0.25) is 9.59 Å². The molecule has 0 unspecified atom stereocenters. The minimum Gasteiger partial charge on any atom is -0.486 e. The van der Waals surface area contributed by atoms with E-state index < -0.39 is 11.9 Å². The van der Waals surface area contributed by atoms with Gasteiger partial charge in [0.25, 0.3) is 5.91 Å². The molecule has 2 heterocycles. The maximum atomic E-state index is 12.5. The smallest absolute Gasteiger partial charge is 0.341 e. The standard InChI is InChI=1S/C20H22N2O7S2/c1-11-16(20(25)29-6-5-26-2)19(31-17(11)18(21)24)22-15(23)10-30-12-3-4-13-14(9-12)28-8-7-27-13/h3-4,9H,5-8,10H2,1-2H3,(H2,21,24)(H,22,23). The van der Waals surface area contributed by atoms with Crippen LogP contribution < -0.4 is 20.5 Å². The summed E-state index contributed by atoms with van der Waals surface area (Å²) < 4.78 is 21.1. The van der Waals surface area contributed by atoms with Crippen molar-refractivity contribution < 1.29 is 33.3 Å². The molecule has 0 aliphatic carbocycles. The molecule has 1 aromatic carbocycles. The first-order valence-electron chi connectivity index (χ1n) is 9.32. The SMILES string of the molecule is COCCOC(=O)c1c(NC(=O)CSc2ccc3c(c2)OCCO3)sc(C(N)=O)c1C. The van der Waals surface area contributed by atoms with Crippen molar-refractivity contribution in [1.29, 1.82) is 0 Å². The minimum absolute atomic E-state index is 0.0455. The monoisotopic (exact) mass is 466 g/mol. The van der Waals surface area contributed by atoms with Crippen LogP contribution in [-0.4, -0.2) is 57.1 Å². The van der Waals surface area contributed by atoms with Gasteiger partial charge in [-0.05, 0) is 30.7 Å². The molecule has 0 spiro atoms. The molecular formula is C20H22N2O7S2. The maximum Gasteiger partial charge on any atom is 0.341 e. The Morgan fingerprint density at radius 2 is 1.94 bits per heavy atom. The number of primary amides is 1. The molecule has 0 bridgehead atoms. The van der Waals surface area contributed by atoms with Crippen molar-refractivity contribution in [3.8, 4) is 11.5 Å². The summed E-state index contributed by atoms with van der Waals surface area (Å²) in [7, 11) is 1.49. The predicted octanol–water partition coefficient (Wildman–Crippen LogP) is 2.46. The molecule has 0 saturated heterocycles. The third-order valence-electron chi connectivity index (χ3n) is 4.23. The van der Waals surface area contributed by atoms with E-state index in [1.54, 1.807) is 13.0 Å². The Kier molecular flexibility index (Phi) is 7.77. The number of ether oxygens (including phenoxy) is 4. The van der Waals surface area contributed by atoms with E-state index in [1.807, 2.05) is 12.1 Å². The average Bonchev–Trinajstić information content (AvgIpc) is 3.08. The Bertz CT molecular complexity index is 990. The fraction of sp³-hybridized carbons (Fsp3) is 0.350. The molecule has 1 aromatic heterocycles. The quantitative estimate of drug-likeness (QED) is 0.328. The molecule has 3 rings (SSSR count). The molecule has 2 aromatic rings. The van der Waals surface area contributed by atoms with Gasteiger partial charge in [0, 0.05) is 12.0 Å². The number of carbonyl (C=O) groups excluding carboxylic acids is 3. The first-order chi connectivity index (χ1) is 14.9. The molecule has 11 heteroatoms. The lowest BCUT2D eigenvalue weighted by molar-refractivity contribution is -0.113. The molecule has 2 amide bonds. The van der Waals surface area contributed by atoms with Gasteiger partial charge in [0.05, 0.1) is 22.8 Å². The number of thioether (sulfide) groups is 1. The van der Waals surface area contributed by atoms with E-state index in [4.69, 9.17) is 24.7 Å². The normalized spacial score (nSPS) is 12.3. The molecule has 166 valence electrons. The van der Waals surface area contributed by atoms with Crippen LogP contribution in [0.4, 0.5) is 5.00 Å². The van der Waals surface area contributed by atoms with Crippen molar-refractivity contribution in [2.45, 2.75) is 11.8 Å². The van der Waals surface area contributed by atoms with Gasteiger partial charge >= 0.3 is 5.97 Å². The minimum atomic E-state index is -0.681. The van der Waals surface area contributed by atoms with Crippen LogP contribution in [0.15, 0.2) is 23.1 Å². The number of rotatable bonds is 9. The summed E-state index contributed by atoms with van der Waals surface area (Å²) in [6, 6.07) is 5.45. The molecule has 3 N–H and O–H groups in total. The van der Waals surface area contributed by atoms with E-state index in [0.717, 1.165) is 16.2 Å². The number of esters is 1. The van der Waals surface area contributed by atoms with E-state index >= 15 is 0 Å². The number of methoxy groups -OCH3 is 1. The molecule has 0 fully saturated rings. The molecule has 1 aliphatic heterocycles. The van der Waals surface area contributed by atoms with Gasteiger partial charge < -0.3 is 30.0 Å². The zero-order valence-electron chi connectivity index (χ0n) is 17.0. The second kappa shape index (κ2) is 10.5. The Balaban J connectivity index is 1.69. The number of benzene rings is 1. The van der Waals surface area contributed by atoms with Gasteiger partial charge in [0.15, 0.2) is 11.5 Å². The van der Waals surface area contributed by atoms with Gasteiger partial charge in [-0.1, -0.05) is 0 Å². The lowest BCUT2D eigenvalue weighted by atomic mass is 10.1. The lowest BCUT2D eigenvalue weighted by Crippen LogP contribution is -2.17. The second-order valence-electron chi connectivity index (χ2n) is 6.40. The van der Waals surface area contributed by atoms with E-state index in [1.165, 1.54) is 18.9 Å². The number of thiophene rings is 1. The molecule has 1 aliphatic rings. The number of hydrogen-bond acceptors (Lipinski definition) is 9. The van der Waals surface area contributed by atoms with Crippen LogP contribution >= 0.6 is 23.1 Å². The van der Waals surface area contributed by atoms with Gasteiger partial charge in [0.2, 0.25) is 5.91 Å². The van der Waals surface area contributed by atoms with Gasteiger partial charge in [-0.15, -0.1) is 23.1 Å². The Morgan fingerprint density at radius 1 is 1.19 bits per heavy atom. The summed E-state index contributed by atoms with van der Waals surface area (Å²) in [5, 5.41) is 2.92. The van der Waals surface area contributed by atoms with Crippen LogP contribution in [0.2, 0.25) is 0 Å². The number of nitrogens with one attached hydrogen (secondary N) is 1. The number of hydrogen-bond donors (Lipinski definition) is 2. The number of anilines is 1. The second-order valence-corrected chi connectivity index (χ2v) is 8.46. The summed E-state index contributed by atoms with van der Waals surface area (Å²) in [6.07, 6.45) is 0. The Morgan fingerprint density at radius 3 is 2.65 bits per heavy atom. The van der Waals surface area contributed by atoms with Crippen LogP contribution in [0.5, 0.6) is 11.5 Å². The highest BCUT2D eigenvalue weighted by Gasteiger charge is 2.26. The zero-order valence-corrected chi connectivity index (χ0v) is 18.7. The topological polar surface area (TPSA) is 126 Å². The van der Waals surface area contributed by atoms with Crippen molar-refractivity contribution >= 4 is 45.9 Å². The fourth-order valence-electron chi connectivity index (χ4n) is 2.80. The van der Waals surface area contributed by atoms with Gasteiger partial charge in [-0.25, -0.2) is 4.79 Å². The molecule has 0 atom stereocenters. The highest BCUT2D eigenvalue weighted by atomic mass is 32.2. The third kappa shape index (κ3) is 5.69. The summed E-state index contributed by atoms with van der Waals surface area (Å²) in [6.45, 7) is 2.84. The predicted molar refractivity (Wildman–Crippen MR) is 117 cm³/mol. The van der Waals surface area contributed by atoms with E-state index in [9.17, 15) is 14.4 Å². The van der Waals surface area contributed by atoms with Crippen LogP contribution in [0.25, 0.3) is 0 Å². The van der Waals surface area contributed by atoms with Crippen molar-refractivity contribution in [3.05, 3.63) is 34.2 Å². The first kappa shape index (κ1) is 22.9. The van der Waals surface area contributed by atoms with Gasteiger partial charge in [0.1, 0.15) is 24.8 Å². The van der Waals surface area contributed by atoms with Crippen LogP contribution in [-0.2, 0) is 14.3 Å². The van der Waals surface area contributed by atoms with Crippen molar-refractivity contribution in [3.63, 3.8) is 0 Å². The Hall–Kier alpha value is -2.76. The highest BCUT2D eigenvalue weighted by molar-refractivity contribution is 8.00. The lowest BCUT2D eigenvalue weighted by Gasteiger charge is -2.18. The van der Waals surface area contributed by atoms with E-state index in [2.05, 4.69) is 5.32 Å². The summed E-state index contributed by atoms with van der Waals surface area (Å²) in [5.74, 6) is -0.293. The molecule has 9 nitrogen and oxygen atoms in total. The van der Waals surface area contributed by atoms with E-state index in [-0.39, 0.29) is 40.3 Å². The molecule has 0 radical (unpaired) electrons. The summed E-state index contributed by atoms with van der Waals surface area (Å²) in [4.78, 5) is 37.7. The average molecular weight is 467 g/mol. The zero-order chi connectivity index (χ0) is 22.4. The Labute approximate surface area is 187 Å². The maximum absolute atomic E-state index is 12.5. The van der Waals surface area contributed by atoms with Crippen LogP contribution in [0.1, 0.15) is 25.6 Å².